The zero-order valence-corrected chi connectivity index (χ0v) is 21.5. The molecular formula is C26H33F3N4O4. The number of hydrogen-bond donors (Lipinski definition) is 2. The Morgan fingerprint density at radius 3 is 2.41 bits per heavy atom. The van der Waals surface area contributed by atoms with Crippen molar-refractivity contribution < 1.29 is 32.6 Å². The smallest absolute Gasteiger partial charge is 0.416 e. The number of urea groups is 1. The number of nitrogens with one attached hydrogen (secondary N) is 1. The molecule has 1 aliphatic heterocycles. The minimum Gasteiger partial charge on any atom is -0.485 e. The highest BCUT2D eigenvalue weighted by Crippen LogP contribution is 2.36. The van der Waals surface area contributed by atoms with E-state index in [2.05, 4.69) is 5.32 Å². The Labute approximate surface area is 214 Å². The highest BCUT2D eigenvalue weighted by Gasteiger charge is 2.35. The lowest BCUT2D eigenvalue weighted by atomic mass is 9.99. The number of carbonyl (C=O) groups excluding carboxylic acids is 2. The fourth-order valence-corrected chi connectivity index (χ4v) is 4.11. The van der Waals surface area contributed by atoms with Crippen LogP contribution in [-0.2, 0) is 6.18 Å². The van der Waals surface area contributed by atoms with Crippen LogP contribution in [-0.4, -0.2) is 79.8 Å². The van der Waals surface area contributed by atoms with E-state index in [1.165, 1.54) is 17.0 Å². The number of ether oxygens (including phenoxy) is 1. The third-order valence-electron chi connectivity index (χ3n) is 6.42. The Hall–Kier alpha value is -3.47. The van der Waals surface area contributed by atoms with Crippen LogP contribution in [0, 0.1) is 5.92 Å². The van der Waals surface area contributed by atoms with Gasteiger partial charge in [0.25, 0.3) is 5.91 Å². The summed E-state index contributed by atoms with van der Waals surface area (Å²) in [6.07, 6.45) is -4.99. The fourth-order valence-electron chi connectivity index (χ4n) is 4.11. The van der Waals surface area contributed by atoms with E-state index in [-0.39, 0.29) is 30.7 Å². The van der Waals surface area contributed by atoms with Crippen molar-refractivity contribution in [2.24, 2.45) is 5.92 Å². The second kappa shape index (κ2) is 11.3. The summed E-state index contributed by atoms with van der Waals surface area (Å²) in [4.78, 5) is 31.1. The molecule has 0 bridgehead atoms. The third kappa shape index (κ3) is 6.46. The number of carbonyl (C=O) groups is 2. The molecule has 0 saturated heterocycles. The van der Waals surface area contributed by atoms with E-state index in [1.54, 1.807) is 31.0 Å². The maximum absolute atomic E-state index is 13.4. The summed E-state index contributed by atoms with van der Waals surface area (Å²) in [7, 11) is 5.23. The van der Waals surface area contributed by atoms with E-state index in [0.717, 1.165) is 12.1 Å². The van der Waals surface area contributed by atoms with Crippen molar-refractivity contribution in [2.75, 3.05) is 51.1 Å². The van der Waals surface area contributed by atoms with Crippen LogP contribution < -0.4 is 15.0 Å². The minimum absolute atomic E-state index is 0.143. The Morgan fingerprint density at radius 1 is 1.19 bits per heavy atom. The number of benzene rings is 2. The van der Waals surface area contributed by atoms with Gasteiger partial charge in [-0.3, -0.25) is 4.79 Å². The van der Waals surface area contributed by atoms with Crippen LogP contribution in [0.3, 0.4) is 0 Å². The number of hydrogen-bond acceptors (Lipinski definition) is 5. The molecule has 1 aliphatic rings. The molecule has 2 aromatic carbocycles. The van der Waals surface area contributed by atoms with Gasteiger partial charge < -0.3 is 29.9 Å². The van der Waals surface area contributed by atoms with E-state index >= 15 is 0 Å². The topological polar surface area (TPSA) is 85.4 Å². The first-order valence-corrected chi connectivity index (χ1v) is 11.9. The van der Waals surface area contributed by atoms with Gasteiger partial charge in [0.05, 0.1) is 36.0 Å². The van der Waals surface area contributed by atoms with Gasteiger partial charge in [-0.1, -0.05) is 13.0 Å². The number of fused-ring (bicyclic) bond motifs is 1. The van der Waals surface area contributed by atoms with E-state index in [1.807, 2.05) is 32.0 Å². The molecule has 3 atom stereocenters. The second-order valence-corrected chi connectivity index (χ2v) is 9.56. The van der Waals surface area contributed by atoms with E-state index < -0.39 is 29.9 Å². The number of anilines is 2. The number of halogens is 3. The predicted molar refractivity (Wildman–Crippen MR) is 135 cm³/mol. The quantitative estimate of drug-likeness (QED) is 0.595. The molecule has 202 valence electrons. The number of alkyl halides is 3. The van der Waals surface area contributed by atoms with E-state index in [0.29, 0.717) is 23.5 Å². The molecule has 0 aliphatic carbocycles. The summed E-state index contributed by atoms with van der Waals surface area (Å²) in [6, 6.07) is 8.53. The largest absolute Gasteiger partial charge is 0.485 e. The molecule has 3 rings (SSSR count). The van der Waals surface area contributed by atoms with Crippen LogP contribution in [0.1, 0.15) is 29.8 Å². The highest BCUT2D eigenvalue weighted by atomic mass is 19.4. The van der Waals surface area contributed by atoms with Crippen molar-refractivity contribution in [2.45, 2.75) is 32.2 Å². The van der Waals surface area contributed by atoms with Crippen molar-refractivity contribution in [3.8, 4) is 5.75 Å². The Kier molecular flexibility index (Phi) is 8.57. The van der Waals surface area contributed by atoms with Gasteiger partial charge in [0.1, 0.15) is 6.10 Å². The van der Waals surface area contributed by atoms with Gasteiger partial charge in [-0.25, -0.2) is 4.79 Å². The van der Waals surface area contributed by atoms with Gasteiger partial charge in [-0.05, 0) is 43.3 Å². The molecule has 2 aromatic rings. The first-order chi connectivity index (χ1) is 17.3. The van der Waals surface area contributed by atoms with Crippen molar-refractivity contribution in [1.29, 1.82) is 0 Å². The lowest BCUT2D eigenvalue weighted by Gasteiger charge is -2.39. The summed E-state index contributed by atoms with van der Waals surface area (Å²) in [6.45, 7) is 3.90. The summed E-state index contributed by atoms with van der Waals surface area (Å²) in [5.74, 6) is -0.0812. The zero-order valence-electron chi connectivity index (χ0n) is 21.5. The van der Waals surface area contributed by atoms with E-state index in [9.17, 15) is 27.9 Å². The average Bonchev–Trinajstić information content (AvgIpc) is 2.84. The minimum atomic E-state index is -4.46. The lowest BCUT2D eigenvalue weighted by Crippen LogP contribution is -2.50. The average molecular weight is 523 g/mol. The van der Waals surface area contributed by atoms with Gasteiger partial charge >= 0.3 is 12.2 Å². The van der Waals surface area contributed by atoms with Gasteiger partial charge in [0.15, 0.2) is 5.75 Å². The van der Waals surface area contributed by atoms with Crippen molar-refractivity contribution in [1.82, 2.24) is 9.80 Å². The number of rotatable bonds is 6. The lowest BCUT2D eigenvalue weighted by molar-refractivity contribution is -0.137. The molecule has 3 amide bonds. The molecule has 0 aromatic heterocycles. The summed E-state index contributed by atoms with van der Waals surface area (Å²) in [5, 5.41) is 12.4. The maximum Gasteiger partial charge on any atom is 0.416 e. The molecule has 0 spiro atoms. The summed E-state index contributed by atoms with van der Waals surface area (Å²) < 4.78 is 44.9. The van der Waals surface area contributed by atoms with Crippen LogP contribution in [0.15, 0.2) is 42.5 Å². The number of aliphatic hydroxyl groups is 1. The van der Waals surface area contributed by atoms with Crippen molar-refractivity contribution in [3.05, 3.63) is 53.6 Å². The van der Waals surface area contributed by atoms with Crippen molar-refractivity contribution >= 4 is 23.3 Å². The SMILES string of the molecule is C[C@H]1CN([C@@H](C)CO)C(=O)c2cccc(N(C)C)c2O[C@@H]1CN(C)C(=O)Nc1ccc(C(F)(F)F)cc1. The zero-order chi connectivity index (χ0) is 27.5. The molecule has 0 radical (unpaired) electrons. The molecule has 0 fully saturated rings. The molecule has 37 heavy (non-hydrogen) atoms. The highest BCUT2D eigenvalue weighted by molar-refractivity contribution is 5.99. The number of amides is 3. The Bertz CT molecular complexity index is 1110. The van der Waals surface area contributed by atoms with Gasteiger partial charge in [0.2, 0.25) is 0 Å². The molecular weight excluding hydrogens is 489 g/mol. The molecule has 0 saturated carbocycles. The molecule has 1 heterocycles. The number of aliphatic hydroxyl groups excluding tert-OH is 1. The standard InChI is InChI=1S/C26H33F3N4O4/c1-16-13-33(17(2)15-34)24(35)20-7-6-8-21(31(3)4)23(20)37-22(16)14-32(5)25(36)30-19-11-9-18(10-12-19)26(27,28)29/h6-12,16-17,22,34H,13-15H2,1-5H3,(H,30,36)/t16-,17-,22+/m0/s1. The van der Waals surface area contributed by atoms with E-state index in [4.69, 9.17) is 4.74 Å². The first kappa shape index (κ1) is 28.1. The number of likely N-dealkylation sites (N-methyl/N-ethyl adjacent to an activating group) is 1. The normalized spacial score (nSPS) is 18.7. The molecule has 8 nitrogen and oxygen atoms in total. The molecule has 0 unspecified atom stereocenters. The van der Waals surface area contributed by atoms with Gasteiger partial charge in [-0.15, -0.1) is 0 Å². The summed E-state index contributed by atoms with van der Waals surface area (Å²) >= 11 is 0. The molecule has 11 heteroatoms. The first-order valence-electron chi connectivity index (χ1n) is 11.9. The monoisotopic (exact) mass is 522 g/mol. The van der Waals surface area contributed by atoms with Crippen LogP contribution in [0.4, 0.5) is 29.3 Å². The maximum atomic E-state index is 13.4. The fraction of sp³-hybridized carbons (Fsp3) is 0.462. The number of para-hydroxylation sites is 1. The third-order valence-corrected chi connectivity index (χ3v) is 6.42. The van der Waals surface area contributed by atoms with Crippen molar-refractivity contribution in [3.63, 3.8) is 0 Å². The second-order valence-electron chi connectivity index (χ2n) is 9.56. The van der Waals surface area contributed by atoms with Crippen LogP contribution >= 0.6 is 0 Å². The molecule has 2 N–H and O–H groups in total. The van der Waals surface area contributed by atoms with Crippen LogP contribution in [0.5, 0.6) is 5.75 Å². The van der Waals surface area contributed by atoms with Crippen LogP contribution in [0.25, 0.3) is 0 Å². The van der Waals surface area contributed by atoms with Crippen LogP contribution in [0.2, 0.25) is 0 Å². The summed E-state index contributed by atoms with van der Waals surface area (Å²) in [5.41, 5.74) is 0.478. The predicted octanol–water partition coefficient (Wildman–Crippen LogP) is 4.16. The number of nitrogens with zero attached hydrogens (tertiary/aromatic N) is 3. The van der Waals surface area contributed by atoms with Gasteiger partial charge in [-0.2, -0.15) is 13.2 Å². The van der Waals surface area contributed by atoms with Gasteiger partial charge in [0, 0.05) is 39.3 Å². The Morgan fingerprint density at radius 2 is 1.84 bits per heavy atom. The Balaban J connectivity index is 1.85.